The minimum atomic E-state index is -1.11. The number of ether oxygens (including phenoxy) is 2. The molecule has 18 heavy (non-hydrogen) atoms. The number of aliphatic hydroxyl groups is 1. The molecule has 0 radical (unpaired) electrons. The Balaban J connectivity index is 2.86. The van der Waals surface area contributed by atoms with Crippen LogP contribution in [0.3, 0.4) is 0 Å². The van der Waals surface area contributed by atoms with Gasteiger partial charge in [-0.2, -0.15) is 0 Å². The summed E-state index contributed by atoms with van der Waals surface area (Å²) in [5, 5.41) is 13.3. The molecular weight excluding hydrogens is 242 g/mol. The number of carbonyl (C=O) groups excluding carboxylic acids is 2. The van der Waals surface area contributed by atoms with Gasteiger partial charge in [0.15, 0.2) is 0 Å². The first-order valence-corrected chi connectivity index (χ1v) is 5.47. The maximum absolute atomic E-state index is 11.5. The van der Waals surface area contributed by atoms with Gasteiger partial charge >= 0.3 is 11.9 Å². The molecule has 100 valence electrons. The lowest BCUT2D eigenvalue weighted by Gasteiger charge is -2.35. The van der Waals surface area contributed by atoms with Crippen molar-refractivity contribution < 1.29 is 24.2 Å². The zero-order chi connectivity index (χ0) is 13.7. The van der Waals surface area contributed by atoms with E-state index in [4.69, 9.17) is 10.3 Å². The Hall–Kier alpha value is -1.79. The molecule has 1 saturated carbocycles. The summed E-state index contributed by atoms with van der Waals surface area (Å²) in [4.78, 5) is 25.0. The first-order valence-electron chi connectivity index (χ1n) is 5.47. The van der Waals surface area contributed by atoms with E-state index in [0.29, 0.717) is 0 Å². The van der Waals surface area contributed by atoms with E-state index in [9.17, 15) is 14.7 Å². The highest BCUT2D eigenvalue weighted by Gasteiger charge is 2.41. The lowest BCUT2D eigenvalue weighted by Crippen LogP contribution is -2.47. The quantitative estimate of drug-likeness (QED) is 0.342. The van der Waals surface area contributed by atoms with Crippen LogP contribution in [0.4, 0.5) is 0 Å². The van der Waals surface area contributed by atoms with Gasteiger partial charge in [0.2, 0.25) is 0 Å². The molecule has 1 aliphatic carbocycles. The second-order valence-corrected chi connectivity index (χ2v) is 4.10. The van der Waals surface area contributed by atoms with E-state index in [1.807, 2.05) is 0 Å². The lowest BCUT2D eigenvalue weighted by atomic mass is 9.82. The standard InChI is InChI=1S/C10H15N3O5/c1-5(14)18-8-4-6(10(16)17-2)3-7(9(8)15)12-13-11/h6-9,15H,3-4H2,1-2H3. The van der Waals surface area contributed by atoms with Gasteiger partial charge in [-0.25, -0.2) is 0 Å². The fourth-order valence-corrected chi connectivity index (χ4v) is 2.07. The van der Waals surface area contributed by atoms with Crippen LogP contribution in [0.5, 0.6) is 0 Å². The highest BCUT2D eigenvalue weighted by Crippen LogP contribution is 2.30. The molecule has 1 aliphatic rings. The predicted molar refractivity (Wildman–Crippen MR) is 59.2 cm³/mol. The predicted octanol–water partition coefficient (Wildman–Crippen LogP) is 0.541. The van der Waals surface area contributed by atoms with Gasteiger partial charge in [-0.15, -0.1) is 0 Å². The summed E-state index contributed by atoms with van der Waals surface area (Å²) in [6.45, 7) is 1.21. The number of nitrogens with zero attached hydrogens (tertiary/aromatic N) is 3. The third kappa shape index (κ3) is 3.35. The van der Waals surface area contributed by atoms with E-state index in [1.54, 1.807) is 0 Å². The van der Waals surface area contributed by atoms with Gasteiger partial charge < -0.3 is 14.6 Å². The second-order valence-electron chi connectivity index (χ2n) is 4.10. The zero-order valence-corrected chi connectivity index (χ0v) is 10.1. The van der Waals surface area contributed by atoms with Crippen molar-refractivity contribution in [3.8, 4) is 0 Å². The van der Waals surface area contributed by atoms with Gasteiger partial charge in [0.25, 0.3) is 0 Å². The van der Waals surface area contributed by atoms with E-state index in [1.165, 1.54) is 14.0 Å². The molecule has 0 heterocycles. The zero-order valence-electron chi connectivity index (χ0n) is 10.1. The van der Waals surface area contributed by atoms with Crippen LogP contribution in [0.15, 0.2) is 5.11 Å². The molecule has 1 rings (SSSR count). The van der Waals surface area contributed by atoms with E-state index in [0.717, 1.165) is 0 Å². The molecule has 4 atom stereocenters. The molecule has 8 nitrogen and oxygen atoms in total. The topological polar surface area (TPSA) is 122 Å². The van der Waals surface area contributed by atoms with Crippen LogP contribution in [-0.4, -0.2) is 42.4 Å². The summed E-state index contributed by atoms with van der Waals surface area (Å²) in [6, 6.07) is -0.808. The van der Waals surface area contributed by atoms with Gasteiger partial charge in [-0.3, -0.25) is 9.59 Å². The molecule has 8 heteroatoms. The molecule has 0 aromatic heterocycles. The minimum absolute atomic E-state index is 0.158. The van der Waals surface area contributed by atoms with Gasteiger partial charge in [0.1, 0.15) is 6.10 Å². The smallest absolute Gasteiger partial charge is 0.308 e. The minimum Gasteiger partial charge on any atom is -0.469 e. The summed E-state index contributed by atoms with van der Waals surface area (Å²) in [5.74, 6) is -1.60. The van der Waals surface area contributed by atoms with E-state index < -0.39 is 36.1 Å². The largest absolute Gasteiger partial charge is 0.469 e. The molecule has 0 aromatic carbocycles. The van der Waals surface area contributed by atoms with Crippen LogP contribution in [0, 0.1) is 5.92 Å². The average Bonchev–Trinajstić information content (AvgIpc) is 2.32. The highest BCUT2D eigenvalue weighted by atomic mass is 16.6. The number of rotatable bonds is 3. The third-order valence-corrected chi connectivity index (χ3v) is 2.87. The fourth-order valence-electron chi connectivity index (χ4n) is 2.07. The van der Waals surface area contributed by atoms with Crippen molar-refractivity contribution in [2.75, 3.05) is 7.11 Å². The van der Waals surface area contributed by atoms with Crippen LogP contribution in [0.2, 0.25) is 0 Å². The van der Waals surface area contributed by atoms with Crippen molar-refractivity contribution in [3.05, 3.63) is 10.4 Å². The van der Waals surface area contributed by atoms with Gasteiger partial charge in [-0.1, -0.05) is 5.11 Å². The molecule has 0 aromatic rings. The number of azide groups is 1. The molecule has 0 bridgehead atoms. The summed E-state index contributed by atoms with van der Waals surface area (Å²) in [6.07, 6.45) is -1.64. The number of hydrogen-bond donors (Lipinski definition) is 1. The lowest BCUT2D eigenvalue weighted by molar-refractivity contribution is -0.164. The van der Waals surface area contributed by atoms with Gasteiger partial charge in [-0.05, 0) is 12.0 Å². The molecule has 0 aliphatic heterocycles. The molecule has 0 saturated heterocycles. The Kier molecular flexibility index (Phi) is 4.94. The van der Waals surface area contributed by atoms with Gasteiger partial charge in [0.05, 0.1) is 25.2 Å². The van der Waals surface area contributed by atoms with Crippen molar-refractivity contribution in [2.24, 2.45) is 11.0 Å². The van der Waals surface area contributed by atoms with E-state index >= 15 is 0 Å². The van der Waals surface area contributed by atoms with Crippen LogP contribution >= 0.6 is 0 Å². The van der Waals surface area contributed by atoms with Gasteiger partial charge in [0, 0.05) is 18.3 Å². The molecule has 1 fully saturated rings. The van der Waals surface area contributed by atoms with Crippen molar-refractivity contribution in [3.63, 3.8) is 0 Å². The average molecular weight is 257 g/mol. The van der Waals surface area contributed by atoms with Crippen molar-refractivity contribution >= 4 is 11.9 Å². The van der Waals surface area contributed by atoms with Crippen molar-refractivity contribution in [1.82, 2.24) is 0 Å². The fraction of sp³-hybridized carbons (Fsp3) is 0.800. The van der Waals surface area contributed by atoms with Crippen LogP contribution in [0.1, 0.15) is 19.8 Å². The first-order chi connectivity index (χ1) is 8.49. The molecule has 0 amide bonds. The Morgan fingerprint density at radius 2 is 2.11 bits per heavy atom. The van der Waals surface area contributed by atoms with E-state index in [2.05, 4.69) is 14.8 Å². The van der Waals surface area contributed by atoms with Crippen LogP contribution < -0.4 is 0 Å². The maximum Gasteiger partial charge on any atom is 0.308 e. The summed E-state index contributed by atoms with van der Waals surface area (Å²) >= 11 is 0. The maximum atomic E-state index is 11.5. The Morgan fingerprint density at radius 3 is 2.61 bits per heavy atom. The Morgan fingerprint density at radius 1 is 1.44 bits per heavy atom. The summed E-state index contributed by atoms with van der Waals surface area (Å²) < 4.78 is 9.53. The summed E-state index contributed by atoms with van der Waals surface area (Å²) in [7, 11) is 1.25. The first kappa shape index (κ1) is 14.3. The number of esters is 2. The number of hydrogen-bond acceptors (Lipinski definition) is 6. The highest BCUT2D eigenvalue weighted by molar-refractivity contribution is 5.73. The number of carbonyl (C=O) groups is 2. The molecule has 4 unspecified atom stereocenters. The van der Waals surface area contributed by atoms with Crippen molar-refractivity contribution in [1.29, 1.82) is 0 Å². The summed E-state index contributed by atoms with van der Waals surface area (Å²) in [5.41, 5.74) is 8.41. The SMILES string of the molecule is COC(=O)C1CC(N=[N+]=[N-])C(O)C(OC(C)=O)C1. The third-order valence-electron chi connectivity index (χ3n) is 2.87. The Labute approximate surface area is 103 Å². The monoisotopic (exact) mass is 257 g/mol. The van der Waals surface area contributed by atoms with Crippen LogP contribution in [-0.2, 0) is 19.1 Å². The van der Waals surface area contributed by atoms with E-state index in [-0.39, 0.29) is 12.8 Å². The normalized spacial score (nSPS) is 31.1. The molecule has 1 N–H and O–H groups in total. The second kappa shape index (κ2) is 6.23. The number of aliphatic hydroxyl groups excluding tert-OH is 1. The molecule has 0 spiro atoms. The molecular formula is C10H15N3O5. The van der Waals surface area contributed by atoms with Crippen LogP contribution in [0.25, 0.3) is 10.4 Å². The Bertz CT molecular complexity index is 380. The number of methoxy groups -OCH3 is 1. The van der Waals surface area contributed by atoms with Crippen molar-refractivity contribution in [2.45, 2.75) is 38.0 Å².